The molecule has 64 valence electrons. The molecule has 1 heterocycles. The van der Waals surface area contributed by atoms with Crippen LogP contribution in [-0.2, 0) is 4.74 Å². The van der Waals surface area contributed by atoms with Gasteiger partial charge in [-0.15, -0.1) is 6.58 Å². The third-order valence-electron chi connectivity index (χ3n) is 2.59. The Morgan fingerprint density at radius 3 is 2.82 bits per heavy atom. The highest BCUT2D eigenvalue weighted by Crippen LogP contribution is 2.35. The third kappa shape index (κ3) is 1.63. The van der Waals surface area contributed by atoms with E-state index < -0.39 is 0 Å². The lowest BCUT2D eigenvalue weighted by Crippen LogP contribution is -2.24. The normalized spacial score (nSPS) is 37.5. The number of hydrogen-bond acceptors (Lipinski definition) is 2. The van der Waals surface area contributed by atoms with Crippen LogP contribution in [0.15, 0.2) is 12.7 Å². The van der Waals surface area contributed by atoms with E-state index in [2.05, 4.69) is 13.5 Å². The molecule has 2 atom stereocenters. The number of aliphatic hydroxyl groups is 1. The Hall–Kier alpha value is -0.340. The highest BCUT2D eigenvalue weighted by atomic mass is 16.5. The van der Waals surface area contributed by atoms with E-state index in [1.54, 1.807) is 0 Å². The monoisotopic (exact) mass is 156 g/mol. The van der Waals surface area contributed by atoms with Crippen LogP contribution in [0.4, 0.5) is 0 Å². The molecule has 0 spiro atoms. The Balaban J connectivity index is 2.54. The fourth-order valence-corrected chi connectivity index (χ4v) is 1.45. The highest BCUT2D eigenvalue weighted by Gasteiger charge is 2.36. The van der Waals surface area contributed by atoms with Crippen molar-refractivity contribution in [1.82, 2.24) is 0 Å². The molecule has 1 fully saturated rings. The number of hydrogen-bond donors (Lipinski definition) is 1. The smallest absolute Gasteiger partial charge is 0.0760 e. The van der Waals surface area contributed by atoms with E-state index in [1.165, 1.54) is 0 Å². The first-order valence-corrected chi connectivity index (χ1v) is 4.11. The lowest BCUT2D eigenvalue weighted by atomic mass is 9.84. The van der Waals surface area contributed by atoms with Gasteiger partial charge in [0.15, 0.2) is 0 Å². The predicted molar refractivity (Wildman–Crippen MR) is 44.4 cm³/mol. The molecule has 0 radical (unpaired) electrons. The molecule has 1 saturated heterocycles. The molecule has 0 unspecified atom stereocenters. The Labute approximate surface area is 67.9 Å². The minimum absolute atomic E-state index is 0.0128. The van der Waals surface area contributed by atoms with E-state index in [0.717, 1.165) is 12.8 Å². The third-order valence-corrected chi connectivity index (χ3v) is 2.59. The van der Waals surface area contributed by atoms with Gasteiger partial charge in [-0.1, -0.05) is 13.0 Å². The largest absolute Gasteiger partial charge is 0.396 e. The minimum Gasteiger partial charge on any atom is -0.396 e. The summed E-state index contributed by atoms with van der Waals surface area (Å²) in [6.45, 7) is 6.67. The van der Waals surface area contributed by atoms with Crippen LogP contribution in [0, 0.1) is 5.41 Å². The Bertz CT molecular complexity index is 138. The fourth-order valence-electron chi connectivity index (χ4n) is 1.45. The summed E-state index contributed by atoms with van der Waals surface area (Å²) in [5, 5.41) is 9.12. The van der Waals surface area contributed by atoms with Crippen LogP contribution in [0.25, 0.3) is 0 Å². The second kappa shape index (κ2) is 3.37. The van der Waals surface area contributed by atoms with E-state index in [0.29, 0.717) is 6.61 Å². The van der Waals surface area contributed by atoms with Crippen molar-refractivity contribution < 1.29 is 9.84 Å². The van der Waals surface area contributed by atoms with Gasteiger partial charge in [0.1, 0.15) is 0 Å². The topological polar surface area (TPSA) is 29.5 Å². The molecule has 1 aliphatic heterocycles. The van der Waals surface area contributed by atoms with Gasteiger partial charge in [-0.3, -0.25) is 0 Å². The van der Waals surface area contributed by atoms with Crippen LogP contribution in [0.2, 0.25) is 0 Å². The van der Waals surface area contributed by atoms with E-state index in [-0.39, 0.29) is 18.1 Å². The van der Waals surface area contributed by atoms with E-state index in [1.807, 2.05) is 6.08 Å². The van der Waals surface area contributed by atoms with Gasteiger partial charge in [0, 0.05) is 5.41 Å². The van der Waals surface area contributed by atoms with Crippen molar-refractivity contribution in [3.8, 4) is 0 Å². The molecule has 0 bridgehead atoms. The van der Waals surface area contributed by atoms with Crippen molar-refractivity contribution in [2.45, 2.75) is 25.9 Å². The summed E-state index contributed by atoms with van der Waals surface area (Å²) >= 11 is 0. The molecule has 0 aromatic heterocycles. The fraction of sp³-hybridized carbons (Fsp3) is 0.778. The molecule has 0 aromatic carbocycles. The quantitative estimate of drug-likeness (QED) is 0.625. The summed E-state index contributed by atoms with van der Waals surface area (Å²) < 4.78 is 5.42. The molecule has 0 aromatic rings. The average Bonchev–Trinajstić information content (AvgIpc) is 2.49. The van der Waals surface area contributed by atoms with E-state index in [4.69, 9.17) is 9.84 Å². The first-order valence-electron chi connectivity index (χ1n) is 4.11. The van der Waals surface area contributed by atoms with Gasteiger partial charge in [0.2, 0.25) is 0 Å². The Morgan fingerprint density at radius 1 is 1.82 bits per heavy atom. The average molecular weight is 156 g/mol. The van der Waals surface area contributed by atoms with E-state index in [9.17, 15) is 0 Å². The van der Waals surface area contributed by atoms with Gasteiger partial charge in [0.25, 0.3) is 0 Å². The van der Waals surface area contributed by atoms with Crippen LogP contribution in [-0.4, -0.2) is 24.4 Å². The minimum atomic E-state index is 0.0128. The predicted octanol–water partition coefficient (Wildman–Crippen LogP) is 1.35. The number of rotatable bonds is 3. The van der Waals surface area contributed by atoms with Crippen molar-refractivity contribution in [3.63, 3.8) is 0 Å². The summed E-state index contributed by atoms with van der Waals surface area (Å²) in [6, 6.07) is 0. The zero-order valence-electron chi connectivity index (χ0n) is 7.05. The molecular weight excluding hydrogens is 140 g/mol. The van der Waals surface area contributed by atoms with Gasteiger partial charge < -0.3 is 9.84 Å². The molecule has 0 aliphatic carbocycles. The number of aliphatic hydroxyl groups excluding tert-OH is 1. The Morgan fingerprint density at radius 2 is 2.55 bits per heavy atom. The number of ether oxygens (including phenoxy) is 1. The molecule has 1 aliphatic rings. The summed E-state index contributed by atoms with van der Waals surface area (Å²) in [6.07, 6.45) is 3.87. The molecule has 0 amide bonds. The molecule has 2 heteroatoms. The maximum Gasteiger partial charge on any atom is 0.0760 e. The van der Waals surface area contributed by atoms with Gasteiger partial charge >= 0.3 is 0 Å². The molecule has 2 nitrogen and oxygen atoms in total. The molecule has 1 rings (SSSR count). The molecule has 1 N–H and O–H groups in total. The van der Waals surface area contributed by atoms with Crippen molar-refractivity contribution in [1.29, 1.82) is 0 Å². The zero-order chi connectivity index (χ0) is 8.32. The summed E-state index contributed by atoms with van der Waals surface area (Å²) in [5.74, 6) is 0. The molecule has 11 heavy (non-hydrogen) atoms. The van der Waals surface area contributed by atoms with Gasteiger partial charge in [-0.25, -0.2) is 0 Å². The maximum atomic E-state index is 9.12. The summed E-state index contributed by atoms with van der Waals surface area (Å²) in [5.41, 5.74) is 0.0128. The Kier molecular flexibility index (Phi) is 2.68. The maximum absolute atomic E-state index is 9.12. The van der Waals surface area contributed by atoms with Crippen LogP contribution < -0.4 is 0 Å². The van der Waals surface area contributed by atoms with Gasteiger partial charge in [-0.2, -0.15) is 0 Å². The molecular formula is C9H16O2. The standard InChI is InChI=1S/C9H16O2/c1-3-8-5-9(4-2,6-10)7-11-8/h3,8,10H,1,4-7H2,2H3/t8-,9+/m0/s1. The van der Waals surface area contributed by atoms with E-state index >= 15 is 0 Å². The van der Waals surface area contributed by atoms with Crippen molar-refractivity contribution in [2.24, 2.45) is 5.41 Å². The second-order valence-electron chi connectivity index (χ2n) is 3.30. The van der Waals surface area contributed by atoms with Crippen molar-refractivity contribution in [3.05, 3.63) is 12.7 Å². The highest BCUT2D eigenvalue weighted by molar-refractivity contribution is 4.93. The van der Waals surface area contributed by atoms with Crippen LogP contribution in [0.1, 0.15) is 19.8 Å². The van der Waals surface area contributed by atoms with Crippen LogP contribution >= 0.6 is 0 Å². The second-order valence-corrected chi connectivity index (χ2v) is 3.30. The lowest BCUT2D eigenvalue weighted by molar-refractivity contribution is 0.0810. The summed E-state index contributed by atoms with van der Waals surface area (Å²) in [7, 11) is 0. The first-order chi connectivity index (χ1) is 5.26. The SMILES string of the molecule is C=C[C@H]1C[C@](CC)(CO)CO1. The first kappa shape index (κ1) is 8.75. The summed E-state index contributed by atoms with van der Waals surface area (Å²) in [4.78, 5) is 0. The van der Waals surface area contributed by atoms with Crippen molar-refractivity contribution in [2.75, 3.05) is 13.2 Å². The lowest BCUT2D eigenvalue weighted by Gasteiger charge is -2.21. The van der Waals surface area contributed by atoms with Gasteiger partial charge in [0.05, 0.1) is 19.3 Å². The molecule has 0 saturated carbocycles. The van der Waals surface area contributed by atoms with Crippen molar-refractivity contribution >= 4 is 0 Å². The van der Waals surface area contributed by atoms with Gasteiger partial charge in [-0.05, 0) is 12.8 Å². The van der Waals surface area contributed by atoms with Crippen LogP contribution in [0.5, 0.6) is 0 Å². The zero-order valence-corrected chi connectivity index (χ0v) is 7.05. The van der Waals surface area contributed by atoms with Crippen LogP contribution in [0.3, 0.4) is 0 Å².